The van der Waals surface area contributed by atoms with Crippen molar-refractivity contribution in [3.05, 3.63) is 60.2 Å². The number of ether oxygens (including phenoxy) is 1. The van der Waals surface area contributed by atoms with Crippen LogP contribution >= 0.6 is 0 Å². The average Bonchev–Trinajstić information content (AvgIpc) is 2.55. The fraction of sp³-hybridized carbons (Fsp3) is 0.333. The summed E-state index contributed by atoms with van der Waals surface area (Å²) in [7, 11) is 0. The molecule has 1 fully saturated rings. The first-order chi connectivity index (χ1) is 11.2. The lowest BCUT2D eigenvalue weighted by Gasteiger charge is -2.40. The zero-order valence-corrected chi connectivity index (χ0v) is 13.8. The minimum Gasteiger partial charge on any atom is -0.370 e. The molecule has 1 saturated heterocycles. The molecule has 0 N–H and O–H groups in total. The van der Waals surface area contributed by atoms with Gasteiger partial charge in [-0.25, -0.2) is 0 Å². The number of benzene rings is 2. The van der Waals surface area contributed by atoms with Gasteiger partial charge in [0.05, 0.1) is 13.2 Å². The van der Waals surface area contributed by atoms with Crippen LogP contribution in [0.5, 0.6) is 0 Å². The summed E-state index contributed by atoms with van der Waals surface area (Å²) in [5.74, 6) is 6.83. The predicted molar refractivity (Wildman–Crippen MR) is 96.2 cm³/mol. The highest BCUT2D eigenvalue weighted by Crippen LogP contribution is 2.18. The van der Waals surface area contributed by atoms with E-state index in [0.717, 1.165) is 49.4 Å². The monoisotopic (exact) mass is 306 g/mol. The summed E-state index contributed by atoms with van der Waals surface area (Å²) in [6, 6.07) is 14.8. The number of nitrogens with zero attached hydrogens (tertiary/aromatic N) is 1. The maximum Gasteiger partial charge on any atom is 0.141 e. The van der Waals surface area contributed by atoms with Crippen molar-refractivity contribution in [2.75, 3.05) is 39.4 Å². The summed E-state index contributed by atoms with van der Waals surface area (Å²) in [5, 5.41) is 2.48. The maximum atomic E-state index is 5.54. The summed E-state index contributed by atoms with van der Waals surface area (Å²) in [6.45, 7) is 11.8. The minimum atomic E-state index is 0.823. The molecule has 0 radical (unpaired) electrons. The first kappa shape index (κ1) is 15.8. The molecule has 0 unspecified atom stereocenters. The summed E-state index contributed by atoms with van der Waals surface area (Å²) in [4.78, 5) is 0. The maximum absolute atomic E-state index is 5.54. The Hall–Kier alpha value is -2.08. The molecule has 0 saturated carbocycles. The lowest BCUT2D eigenvalue weighted by molar-refractivity contribution is -0.924. The molecule has 1 aliphatic rings. The molecular weight excluding hydrogens is 282 g/mol. The number of rotatable bonds is 3. The van der Waals surface area contributed by atoms with Crippen molar-refractivity contribution in [1.82, 2.24) is 0 Å². The van der Waals surface area contributed by atoms with E-state index in [1.807, 2.05) is 0 Å². The van der Waals surface area contributed by atoms with Crippen molar-refractivity contribution >= 4 is 10.8 Å². The van der Waals surface area contributed by atoms with Crippen molar-refractivity contribution in [2.24, 2.45) is 0 Å². The van der Waals surface area contributed by atoms with E-state index >= 15 is 0 Å². The van der Waals surface area contributed by atoms with E-state index in [4.69, 9.17) is 4.74 Å². The van der Waals surface area contributed by atoms with Crippen LogP contribution in [-0.2, 0) is 4.74 Å². The van der Waals surface area contributed by atoms with Gasteiger partial charge in [0, 0.05) is 5.56 Å². The Morgan fingerprint density at radius 1 is 1.13 bits per heavy atom. The Morgan fingerprint density at radius 3 is 2.65 bits per heavy atom. The van der Waals surface area contributed by atoms with Crippen LogP contribution in [-0.4, -0.2) is 43.9 Å². The zero-order chi connectivity index (χ0) is 16.1. The number of hydrogen-bond acceptors (Lipinski definition) is 1. The van der Waals surface area contributed by atoms with Gasteiger partial charge in [-0.2, -0.15) is 0 Å². The highest BCUT2D eigenvalue weighted by atomic mass is 16.5. The molecule has 2 aromatic carbocycles. The first-order valence-electron chi connectivity index (χ1n) is 8.22. The van der Waals surface area contributed by atoms with Crippen molar-refractivity contribution in [2.45, 2.75) is 6.92 Å². The van der Waals surface area contributed by atoms with Crippen LogP contribution < -0.4 is 0 Å². The Balaban J connectivity index is 1.83. The van der Waals surface area contributed by atoms with Crippen LogP contribution in [0.4, 0.5) is 0 Å². The summed E-state index contributed by atoms with van der Waals surface area (Å²) in [6.07, 6.45) is 0. The lowest BCUT2D eigenvalue weighted by Crippen LogP contribution is -2.56. The molecule has 118 valence electrons. The molecule has 3 rings (SSSR count). The zero-order valence-electron chi connectivity index (χ0n) is 13.8. The number of fused-ring (bicyclic) bond motifs is 1. The summed E-state index contributed by atoms with van der Waals surface area (Å²) in [5.41, 5.74) is 2.34. The van der Waals surface area contributed by atoms with Crippen molar-refractivity contribution in [3.8, 4) is 11.8 Å². The number of quaternary nitrogens is 1. The molecule has 2 heteroatoms. The van der Waals surface area contributed by atoms with E-state index in [0.29, 0.717) is 0 Å². The fourth-order valence-corrected chi connectivity index (χ4v) is 3.31. The second-order valence-corrected chi connectivity index (χ2v) is 6.50. The van der Waals surface area contributed by atoms with Crippen LogP contribution in [0, 0.1) is 11.8 Å². The van der Waals surface area contributed by atoms with Crippen LogP contribution in [0.2, 0.25) is 0 Å². The summed E-state index contributed by atoms with van der Waals surface area (Å²) >= 11 is 0. The first-order valence-corrected chi connectivity index (χ1v) is 8.22. The van der Waals surface area contributed by atoms with Gasteiger partial charge in [-0.15, -0.1) is 0 Å². The van der Waals surface area contributed by atoms with Gasteiger partial charge in [-0.1, -0.05) is 48.9 Å². The molecule has 0 spiro atoms. The minimum absolute atomic E-state index is 0.823. The molecule has 2 nitrogen and oxygen atoms in total. The predicted octanol–water partition coefficient (Wildman–Crippen LogP) is 3.61. The van der Waals surface area contributed by atoms with E-state index in [-0.39, 0.29) is 0 Å². The molecule has 0 atom stereocenters. The highest BCUT2D eigenvalue weighted by Gasteiger charge is 2.29. The van der Waals surface area contributed by atoms with Gasteiger partial charge in [-0.3, -0.25) is 0 Å². The van der Waals surface area contributed by atoms with Gasteiger partial charge in [0.25, 0.3) is 0 Å². The van der Waals surface area contributed by atoms with Crippen LogP contribution in [0.3, 0.4) is 0 Å². The third-order valence-electron chi connectivity index (χ3n) is 4.45. The molecule has 0 amide bonds. The van der Waals surface area contributed by atoms with E-state index in [9.17, 15) is 0 Å². The molecule has 0 bridgehead atoms. The molecule has 0 aliphatic carbocycles. The topological polar surface area (TPSA) is 9.23 Å². The van der Waals surface area contributed by atoms with Gasteiger partial charge in [0.2, 0.25) is 0 Å². The standard InChI is InChI=1S/C21H24NO/c1-18(2)17-22(13-15-23-16-14-22)12-6-10-20-9-5-8-19-7-3-4-11-21(19)20/h3-5,7-9,11H,1,12-17H2,2H3/q+1. The largest absolute Gasteiger partial charge is 0.370 e. The van der Waals surface area contributed by atoms with E-state index < -0.39 is 0 Å². The van der Waals surface area contributed by atoms with Gasteiger partial charge in [0.1, 0.15) is 26.2 Å². The molecule has 0 aromatic heterocycles. The molecular formula is C21H24NO+. The molecule has 23 heavy (non-hydrogen) atoms. The van der Waals surface area contributed by atoms with Crippen molar-refractivity contribution in [3.63, 3.8) is 0 Å². The number of morpholine rings is 1. The third kappa shape index (κ3) is 3.82. The Morgan fingerprint density at radius 2 is 1.87 bits per heavy atom. The highest BCUT2D eigenvalue weighted by molar-refractivity contribution is 5.88. The second-order valence-electron chi connectivity index (χ2n) is 6.50. The molecule has 2 aromatic rings. The lowest BCUT2D eigenvalue weighted by atomic mass is 10.1. The van der Waals surface area contributed by atoms with Crippen LogP contribution in [0.1, 0.15) is 12.5 Å². The van der Waals surface area contributed by atoms with Crippen LogP contribution in [0.15, 0.2) is 54.6 Å². The van der Waals surface area contributed by atoms with E-state index in [1.54, 1.807) is 0 Å². The molecule has 1 heterocycles. The van der Waals surface area contributed by atoms with Crippen molar-refractivity contribution in [1.29, 1.82) is 0 Å². The van der Waals surface area contributed by atoms with Gasteiger partial charge >= 0.3 is 0 Å². The van der Waals surface area contributed by atoms with Gasteiger partial charge in [0.15, 0.2) is 0 Å². The summed E-state index contributed by atoms with van der Waals surface area (Å²) < 4.78 is 6.51. The van der Waals surface area contributed by atoms with Crippen molar-refractivity contribution < 1.29 is 9.22 Å². The second kappa shape index (κ2) is 7.00. The quantitative estimate of drug-likeness (QED) is 0.478. The van der Waals surface area contributed by atoms with Gasteiger partial charge < -0.3 is 9.22 Å². The SMILES string of the molecule is C=C(C)C[N+]1(CC#Cc2cccc3ccccc23)CCOCC1. The van der Waals surface area contributed by atoms with E-state index in [2.05, 4.69) is 67.8 Å². The number of hydrogen-bond donors (Lipinski definition) is 0. The Labute approximate surface area is 139 Å². The average molecular weight is 306 g/mol. The molecule has 1 aliphatic heterocycles. The fourth-order valence-electron chi connectivity index (χ4n) is 3.31. The Kier molecular flexibility index (Phi) is 4.81. The Bertz CT molecular complexity index is 755. The van der Waals surface area contributed by atoms with Crippen LogP contribution in [0.25, 0.3) is 10.8 Å². The smallest absolute Gasteiger partial charge is 0.141 e. The third-order valence-corrected chi connectivity index (χ3v) is 4.45. The van der Waals surface area contributed by atoms with Gasteiger partial charge in [-0.05, 0) is 35.3 Å². The van der Waals surface area contributed by atoms with E-state index in [1.165, 1.54) is 16.3 Å². The normalized spacial score (nSPS) is 16.6.